The molecule has 0 fully saturated rings. The van der Waals surface area contributed by atoms with E-state index < -0.39 is 5.41 Å². The summed E-state index contributed by atoms with van der Waals surface area (Å²) in [6.07, 6.45) is 0. The molecule has 0 unspecified atom stereocenters. The molecule has 1 heteroatoms. The summed E-state index contributed by atoms with van der Waals surface area (Å²) in [5.74, 6) is 0. The molecule has 46 heavy (non-hydrogen) atoms. The Morgan fingerprint density at radius 3 is 1.67 bits per heavy atom. The van der Waals surface area contributed by atoms with Crippen LogP contribution in [0.5, 0.6) is 0 Å². The molecule has 1 aliphatic carbocycles. The second-order valence-corrected chi connectivity index (χ2v) is 13.8. The third-order valence-corrected chi connectivity index (χ3v) is 11.8. The predicted octanol–water partition coefficient (Wildman–Crippen LogP) is 12.5. The second-order valence-electron chi connectivity index (χ2n) is 12.7. The highest BCUT2D eigenvalue weighted by atomic mass is 32.1. The molecule has 0 nitrogen and oxygen atoms in total. The smallest absolute Gasteiger partial charge is 0.0714 e. The van der Waals surface area contributed by atoms with Gasteiger partial charge in [-0.3, -0.25) is 0 Å². The summed E-state index contributed by atoms with van der Waals surface area (Å²) in [5, 5.41) is 13.5. The van der Waals surface area contributed by atoms with E-state index in [-0.39, 0.29) is 0 Å². The van der Waals surface area contributed by atoms with E-state index in [1.54, 1.807) is 0 Å². The number of fused-ring (bicyclic) bond motifs is 10. The number of hydrogen-bond donors (Lipinski definition) is 0. The van der Waals surface area contributed by atoms with Gasteiger partial charge in [0.2, 0.25) is 0 Å². The minimum atomic E-state index is -0.438. The summed E-state index contributed by atoms with van der Waals surface area (Å²) < 4.78 is 2.70. The van der Waals surface area contributed by atoms with Crippen molar-refractivity contribution in [3.63, 3.8) is 0 Å². The molecular weight excluding hydrogens is 573 g/mol. The topological polar surface area (TPSA) is 0 Å². The molecule has 0 bridgehead atoms. The van der Waals surface area contributed by atoms with E-state index in [1.165, 1.54) is 96.6 Å². The lowest BCUT2D eigenvalue weighted by atomic mass is 9.67. The van der Waals surface area contributed by atoms with Crippen LogP contribution in [-0.2, 0) is 5.41 Å². The van der Waals surface area contributed by atoms with Crippen molar-refractivity contribution >= 4 is 74.6 Å². The molecule has 0 amide bonds. The maximum atomic E-state index is 2.57. The Kier molecular flexibility index (Phi) is 4.75. The number of rotatable bonds is 2. The standard InChI is InChI=1S/C45H26S/c1-3-13-27(14-4-1)45(28-15-5-2-6-16-28)37-23-9-7-17-31(37)43-33-21-11-19-29-30-20-12-22-34-42(30)36(35(41(29)33)25-38(43)45)26-40-44(34)32-18-8-10-24-39(32)46-40/h1-26H. The van der Waals surface area contributed by atoms with E-state index >= 15 is 0 Å². The van der Waals surface area contributed by atoms with Crippen LogP contribution in [0.15, 0.2) is 158 Å². The van der Waals surface area contributed by atoms with E-state index in [2.05, 4.69) is 158 Å². The van der Waals surface area contributed by atoms with Gasteiger partial charge in [-0.05, 0) is 94.7 Å². The van der Waals surface area contributed by atoms with Crippen molar-refractivity contribution in [1.29, 1.82) is 0 Å². The lowest BCUT2D eigenvalue weighted by Gasteiger charge is -2.34. The van der Waals surface area contributed by atoms with Gasteiger partial charge in [0.15, 0.2) is 0 Å². The molecule has 9 aromatic carbocycles. The third-order valence-electron chi connectivity index (χ3n) is 10.7. The van der Waals surface area contributed by atoms with Gasteiger partial charge in [-0.15, -0.1) is 11.3 Å². The summed E-state index contributed by atoms with van der Waals surface area (Å²) >= 11 is 1.92. The minimum Gasteiger partial charge on any atom is -0.135 e. The van der Waals surface area contributed by atoms with Gasteiger partial charge < -0.3 is 0 Å². The van der Waals surface area contributed by atoms with E-state index in [0.717, 1.165) is 0 Å². The zero-order valence-electron chi connectivity index (χ0n) is 24.9. The SMILES string of the molecule is c1ccc(C2(c3ccccc3)c3ccccc3-c3c2cc2c4cc5sc6ccccc6c5c5cccc(c6cccc3c62)c45)cc1. The summed E-state index contributed by atoms with van der Waals surface area (Å²) in [7, 11) is 0. The summed E-state index contributed by atoms with van der Waals surface area (Å²) in [4.78, 5) is 0. The largest absolute Gasteiger partial charge is 0.135 e. The molecule has 212 valence electrons. The van der Waals surface area contributed by atoms with Crippen LogP contribution in [0.2, 0.25) is 0 Å². The first-order valence-electron chi connectivity index (χ1n) is 16.0. The van der Waals surface area contributed by atoms with Gasteiger partial charge in [0, 0.05) is 20.2 Å². The molecule has 1 aromatic heterocycles. The normalized spacial score (nSPS) is 13.8. The molecule has 1 aliphatic rings. The second kappa shape index (κ2) is 8.81. The van der Waals surface area contributed by atoms with Crippen LogP contribution in [0.25, 0.3) is 74.4 Å². The van der Waals surface area contributed by atoms with Gasteiger partial charge in [0.05, 0.1) is 5.41 Å². The summed E-state index contributed by atoms with van der Waals surface area (Å²) in [5.41, 5.74) is 7.59. The lowest BCUT2D eigenvalue weighted by Crippen LogP contribution is -2.28. The Labute approximate surface area is 270 Å². The highest BCUT2D eigenvalue weighted by Gasteiger charge is 2.47. The summed E-state index contributed by atoms with van der Waals surface area (Å²) in [6.45, 7) is 0. The van der Waals surface area contributed by atoms with Gasteiger partial charge in [-0.1, -0.05) is 140 Å². The first-order chi connectivity index (χ1) is 22.8. The molecule has 0 aliphatic heterocycles. The molecule has 0 saturated carbocycles. The van der Waals surface area contributed by atoms with Crippen molar-refractivity contribution in [3.05, 3.63) is 180 Å². The van der Waals surface area contributed by atoms with Crippen molar-refractivity contribution in [2.45, 2.75) is 5.41 Å². The van der Waals surface area contributed by atoms with Crippen molar-refractivity contribution in [2.24, 2.45) is 0 Å². The quantitative estimate of drug-likeness (QED) is 0.137. The molecule has 0 atom stereocenters. The number of benzene rings is 9. The van der Waals surface area contributed by atoms with Crippen molar-refractivity contribution in [2.75, 3.05) is 0 Å². The van der Waals surface area contributed by atoms with Gasteiger partial charge in [-0.25, -0.2) is 0 Å². The zero-order chi connectivity index (χ0) is 30.0. The van der Waals surface area contributed by atoms with Crippen LogP contribution in [-0.4, -0.2) is 0 Å². The van der Waals surface area contributed by atoms with E-state index in [1.807, 2.05) is 11.3 Å². The van der Waals surface area contributed by atoms with Crippen molar-refractivity contribution in [1.82, 2.24) is 0 Å². The molecule has 0 N–H and O–H groups in total. The zero-order valence-corrected chi connectivity index (χ0v) is 25.7. The van der Waals surface area contributed by atoms with Crippen molar-refractivity contribution < 1.29 is 0 Å². The number of thiophene rings is 1. The molecule has 10 aromatic rings. The highest BCUT2D eigenvalue weighted by Crippen LogP contribution is 2.59. The van der Waals surface area contributed by atoms with E-state index in [9.17, 15) is 0 Å². The van der Waals surface area contributed by atoms with Crippen LogP contribution in [0.1, 0.15) is 22.3 Å². The first kappa shape index (κ1) is 24.8. The van der Waals surface area contributed by atoms with E-state index in [4.69, 9.17) is 0 Å². The Balaban J connectivity index is 1.42. The third kappa shape index (κ3) is 2.91. The van der Waals surface area contributed by atoms with E-state index in [0.29, 0.717) is 0 Å². The molecule has 0 radical (unpaired) electrons. The summed E-state index contributed by atoms with van der Waals surface area (Å²) in [6, 6.07) is 59.3. The fourth-order valence-corrected chi connectivity index (χ4v) is 10.1. The monoisotopic (exact) mass is 598 g/mol. The van der Waals surface area contributed by atoms with Crippen molar-refractivity contribution in [3.8, 4) is 11.1 Å². The van der Waals surface area contributed by atoms with Gasteiger partial charge >= 0.3 is 0 Å². The van der Waals surface area contributed by atoms with Crippen LogP contribution < -0.4 is 0 Å². The Hall–Kier alpha value is -5.50. The Morgan fingerprint density at radius 1 is 0.348 bits per heavy atom. The van der Waals surface area contributed by atoms with Gasteiger partial charge in [0.1, 0.15) is 0 Å². The van der Waals surface area contributed by atoms with Crippen LogP contribution in [0.3, 0.4) is 0 Å². The van der Waals surface area contributed by atoms with Crippen LogP contribution >= 0.6 is 11.3 Å². The fraction of sp³-hybridized carbons (Fsp3) is 0.0222. The maximum absolute atomic E-state index is 2.57. The fourth-order valence-electron chi connectivity index (χ4n) is 8.98. The minimum absolute atomic E-state index is 0.438. The lowest BCUT2D eigenvalue weighted by molar-refractivity contribution is 0.770. The Bertz CT molecular complexity index is 2800. The van der Waals surface area contributed by atoms with Crippen LogP contribution in [0.4, 0.5) is 0 Å². The predicted molar refractivity (Wildman–Crippen MR) is 198 cm³/mol. The maximum Gasteiger partial charge on any atom is 0.0714 e. The van der Waals surface area contributed by atoms with Crippen LogP contribution in [0, 0.1) is 0 Å². The van der Waals surface area contributed by atoms with Gasteiger partial charge in [0.25, 0.3) is 0 Å². The molecule has 1 heterocycles. The molecule has 0 saturated heterocycles. The molecule has 0 spiro atoms. The molecule has 11 rings (SSSR count). The van der Waals surface area contributed by atoms with Gasteiger partial charge in [-0.2, -0.15) is 0 Å². The molecular formula is C45H26S. The average molecular weight is 599 g/mol. The Morgan fingerprint density at radius 2 is 0.913 bits per heavy atom. The highest BCUT2D eigenvalue weighted by molar-refractivity contribution is 7.26. The first-order valence-corrected chi connectivity index (χ1v) is 16.8. The average Bonchev–Trinajstić information content (AvgIpc) is 3.65. The number of hydrogen-bond acceptors (Lipinski definition) is 1.